The van der Waals surface area contributed by atoms with Crippen LogP contribution in [0.15, 0.2) is 24.5 Å². The number of carboxylic acids is 1. The van der Waals surface area contributed by atoms with Crippen LogP contribution >= 0.6 is 0 Å². The van der Waals surface area contributed by atoms with Crippen LogP contribution in [0.2, 0.25) is 0 Å². The second-order valence-corrected chi connectivity index (χ2v) is 3.95. The molecule has 0 radical (unpaired) electrons. The van der Waals surface area contributed by atoms with E-state index in [1.54, 1.807) is 24.5 Å². The molecule has 1 aliphatic rings. The number of carboxylic acid groups (broad SMARTS) is 2. The van der Waals surface area contributed by atoms with Crippen LogP contribution < -0.4 is 4.74 Å². The SMILES string of the molecule is O=C(O)C1CC(Oc2ccncc2)CN1C(=O)O. The van der Waals surface area contributed by atoms with Gasteiger partial charge in [-0.1, -0.05) is 0 Å². The summed E-state index contributed by atoms with van der Waals surface area (Å²) in [6.45, 7) is 0.0502. The lowest BCUT2D eigenvalue weighted by molar-refractivity contribution is -0.141. The number of amides is 1. The van der Waals surface area contributed by atoms with Gasteiger partial charge in [0, 0.05) is 18.8 Å². The highest BCUT2D eigenvalue weighted by molar-refractivity contribution is 5.80. The average molecular weight is 252 g/mol. The quantitative estimate of drug-likeness (QED) is 0.819. The van der Waals surface area contributed by atoms with Gasteiger partial charge in [-0.2, -0.15) is 0 Å². The van der Waals surface area contributed by atoms with Crippen molar-refractivity contribution in [2.75, 3.05) is 6.54 Å². The highest BCUT2D eigenvalue weighted by atomic mass is 16.5. The fourth-order valence-corrected chi connectivity index (χ4v) is 1.94. The molecule has 7 nitrogen and oxygen atoms in total. The zero-order chi connectivity index (χ0) is 13.1. The minimum absolute atomic E-state index is 0.0502. The van der Waals surface area contributed by atoms with Crippen molar-refractivity contribution < 1.29 is 24.5 Å². The molecule has 2 unspecified atom stereocenters. The number of hydrogen-bond donors (Lipinski definition) is 2. The standard InChI is InChI=1S/C11H12N2O5/c14-10(15)9-5-8(6-13(9)11(16)17)18-7-1-3-12-4-2-7/h1-4,8-9H,5-6H2,(H,14,15)(H,16,17). The van der Waals surface area contributed by atoms with Gasteiger partial charge in [-0.05, 0) is 12.1 Å². The summed E-state index contributed by atoms with van der Waals surface area (Å²) in [6, 6.07) is 2.23. The second-order valence-electron chi connectivity index (χ2n) is 3.95. The molecule has 0 aromatic carbocycles. The summed E-state index contributed by atoms with van der Waals surface area (Å²) >= 11 is 0. The van der Waals surface area contributed by atoms with Crippen LogP contribution in [-0.4, -0.2) is 50.9 Å². The fourth-order valence-electron chi connectivity index (χ4n) is 1.94. The van der Waals surface area contributed by atoms with E-state index in [1.807, 2.05) is 0 Å². The summed E-state index contributed by atoms with van der Waals surface area (Å²) in [5, 5.41) is 17.9. The Bertz CT molecular complexity index is 428. The highest BCUT2D eigenvalue weighted by Gasteiger charge is 2.40. The van der Waals surface area contributed by atoms with Gasteiger partial charge in [-0.15, -0.1) is 0 Å². The summed E-state index contributed by atoms with van der Waals surface area (Å²) < 4.78 is 5.53. The van der Waals surface area contributed by atoms with E-state index < -0.39 is 24.2 Å². The molecular weight excluding hydrogens is 240 g/mol. The molecule has 7 heteroatoms. The molecule has 2 N–H and O–H groups in total. The predicted molar refractivity (Wildman–Crippen MR) is 59.4 cm³/mol. The first kappa shape index (κ1) is 12.2. The lowest BCUT2D eigenvalue weighted by Gasteiger charge is -2.16. The number of pyridine rings is 1. The third-order valence-electron chi connectivity index (χ3n) is 2.75. The van der Waals surface area contributed by atoms with E-state index in [0.29, 0.717) is 5.75 Å². The minimum atomic E-state index is -1.25. The molecule has 1 aromatic heterocycles. The molecule has 18 heavy (non-hydrogen) atoms. The van der Waals surface area contributed by atoms with Gasteiger partial charge < -0.3 is 14.9 Å². The molecule has 2 atom stereocenters. The van der Waals surface area contributed by atoms with Crippen molar-refractivity contribution in [3.05, 3.63) is 24.5 Å². The van der Waals surface area contributed by atoms with Crippen LogP contribution in [0.1, 0.15) is 6.42 Å². The summed E-state index contributed by atoms with van der Waals surface area (Å²) in [6.07, 6.45) is 1.54. The third-order valence-corrected chi connectivity index (χ3v) is 2.75. The zero-order valence-corrected chi connectivity index (χ0v) is 9.39. The van der Waals surface area contributed by atoms with Gasteiger partial charge in [-0.25, -0.2) is 9.59 Å². The van der Waals surface area contributed by atoms with Crippen molar-refractivity contribution in [2.45, 2.75) is 18.6 Å². The van der Waals surface area contributed by atoms with E-state index in [2.05, 4.69) is 4.98 Å². The van der Waals surface area contributed by atoms with E-state index in [1.165, 1.54) is 0 Å². The summed E-state index contributed by atoms with van der Waals surface area (Å²) in [5.41, 5.74) is 0. The number of nitrogens with zero attached hydrogens (tertiary/aromatic N) is 2. The Labute approximate surface area is 103 Å². The first-order chi connectivity index (χ1) is 8.58. The first-order valence-electron chi connectivity index (χ1n) is 5.37. The maximum Gasteiger partial charge on any atom is 0.408 e. The van der Waals surface area contributed by atoms with Crippen molar-refractivity contribution in [3.8, 4) is 5.75 Å². The third kappa shape index (κ3) is 2.50. The Morgan fingerprint density at radius 1 is 1.33 bits per heavy atom. The van der Waals surface area contributed by atoms with Crippen molar-refractivity contribution in [1.29, 1.82) is 0 Å². The summed E-state index contributed by atoms with van der Waals surface area (Å²) in [7, 11) is 0. The Hall–Kier alpha value is -2.31. The molecule has 0 aliphatic carbocycles. The number of hydrogen-bond acceptors (Lipinski definition) is 4. The van der Waals surface area contributed by atoms with E-state index in [0.717, 1.165) is 4.90 Å². The molecule has 1 amide bonds. The Balaban J connectivity index is 2.05. The van der Waals surface area contributed by atoms with Crippen LogP contribution in [0.25, 0.3) is 0 Å². The van der Waals surface area contributed by atoms with Crippen LogP contribution in [0.4, 0.5) is 4.79 Å². The van der Waals surface area contributed by atoms with Crippen LogP contribution in [-0.2, 0) is 4.79 Å². The molecule has 2 heterocycles. The van der Waals surface area contributed by atoms with Crippen molar-refractivity contribution in [3.63, 3.8) is 0 Å². The smallest absolute Gasteiger partial charge is 0.408 e. The van der Waals surface area contributed by atoms with Gasteiger partial charge in [0.2, 0.25) is 0 Å². The van der Waals surface area contributed by atoms with Crippen LogP contribution in [0, 0.1) is 0 Å². The highest BCUT2D eigenvalue weighted by Crippen LogP contribution is 2.22. The molecule has 1 aliphatic heterocycles. The lowest BCUT2D eigenvalue weighted by atomic mass is 10.2. The molecular formula is C11H12N2O5. The fraction of sp³-hybridized carbons (Fsp3) is 0.364. The van der Waals surface area contributed by atoms with Crippen molar-refractivity contribution in [1.82, 2.24) is 9.88 Å². The number of aromatic nitrogens is 1. The largest absolute Gasteiger partial charge is 0.488 e. The number of likely N-dealkylation sites (tertiary alicyclic amines) is 1. The number of carbonyl (C=O) groups is 2. The topological polar surface area (TPSA) is 100.0 Å². The molecule has 2 rings (SSSR count). The lowest BCUT2D eigenvalue weighted by Crippen LogP contribution is -2.39. The average Bonchev–Trinajstić information content (AvgIpc) is 2.74. The maximum absolute atomic E-state index is 10.9. The second kappa shape index (κ2) is 4.91. The summed E-state index contributed by atoms with van der Waals surface area (Å²) in [4.78, 5) is 26.6. The normalized spacial score (nSPS) is 22.8. The maximum atomic E-state index is 10.9. The van der Waals surface area contributed by atoms with Crippen molar-refractivity contribution >= 4 is 12.1 Å². The van der Waals surface area contributed by atoms with Gasteiger partial charge in [-0.3, -0.25) is 9.88 Å². The van der Waals surface area contributed by atoms with Crippen molar-refractivity contribution in [2.24, 2.45) is 0 Å². The van der Waals surface area contributed by atoms with Crippen LogP contribution in [0.3, 0.4) is 0 Å². The molecule has 1 fully saturated rings. The molecule has 1 aromatic rings. The molecule has 0 saturated carbocycles. The number of ether oxygens (including phenoxy) is 1. The Kier molecular flexibility index (Phi) is 3.31. The van der Waals surface area contributed by atoms with Gasteiger partial charge >= 0.3 is 12.1 Å². The Morgan fingerprint density at radius 2 is 2.00 bits per heavy atom. The van der Waals surface area contributed by atoms with E-state index in [9.17, 15) is 9.59 Å². The van der Waals surface area contributed by atoms with E-state index >= 15 is 0 Å². The first-order valence-corrected chi connectivity index (χ1v) is 5.37. The zero-order valence-electron chi connectivity index (χ0n) is 9.39. The van der Waals surface area contributed by atoms with Crippen LogP contribution in [0.5, 0.6) is 5.75 Å². The van der Waals surface area contributed by atoms with Gasteiger partial charge in [0.15, 0.2) is 0 Å². The van der Waals surface area contributed by atoms with Gasteiger partial charge in [0.1, 0.15) is 17.9 Å². The van der Waals surface area contributed by atoms with E-state index in [4.69, 9.17) is 14.9 Å². The molecule has 96 valence electrons. The number of rotatable bonds is 3. The summed E-state index contributed by atoms with van der Waals surface area (Å²) in [5.74, 6) is -0.607. The minimum Gasteiger partial charge on any atom is -0.488 e. The monoisotopic (exact) mass is 252 g/mol. The molecule has 1 saturated heterocycles. The predicted octanol–water partition coefficient (Wildman–Crippen LogP) is 0.666. The van der Waals surface area contributed by atoms with Gasteiger partial charge in [0.05, 0.1) is 6.54 Å². The van der Waals surface area contributed by atoms with E-state index in [-0.39, 0.29) is 13.0 Å². The Morgan fingerprint density at radius 3 is 2.50 bits per heavy atom. The molecule has 0 spiro atoms. The molecule has 0 bridgehead atoms. The van der Waals surface area contributed by atoms with Gasteiger partial charge in [0.25, 0.3) is 0 Å². The number of aliphatic carboxylic acids is 1.